The van der Waals surface area contributed by atoms with Gasteiger partial charge in [-0.15, -0.1) is 0 Å². The second-order valence-electron chi connectivity index (χ2n) is 4.86. The van der Waals surface area contributed by atoms with Crippen molar-refractivity contribution in [3.05, 3.63) is 0 Å². The van der Waals surface area contributed by atoms with Crippen molar-refractivity contribution in [2.45, 2.75) is 39.0 Å². The first kappa shape index (κ1) is 12.5. The van der Waals surface area contributed by atoms with Crippen LogP contribution in [-0.4, -0.2) is 30.9 Å². The number of hydrogen-bond donors (Lipinski definition) is 1. The average molecular weight is 212 g/mol. The molecule has 1 saturated carbocycles. The Morgan fingerprint density at radius 1 is 1.27 bits per heavy atom. The normalized spacial score (nSPS) is 26.3. The van der Waals surface area contributed by atoms with Gasteiger partial charge < -0.3 is 10.6 Å². The SMILES string of the molecule is CC(=O)N(C)CC1CCC(CCN)CC1. The van der Waals surface area contributed by atoms with Crippen molar-refractivity contribution < 1.29 is 4.79 Å². The van der Waals surface area contributed by atoms with Gasteiger partial charge in [0.25, 0.3) is 0 Å². The standard InChI is InChI=1S/C12H24N2O/c1-10(15)14(2)9-12-5-3-11(4-6-12)7-8-13/h11-12H,3-9,13H2,1-2H3. The number of carbonyl (C=O) groups is 1. The first-order chi connectivity index (χ1) is 7.13. The van der Waals surface area contributed by atoms with Crippen LogP contribution in [0.15, 0.2) is 0 Å². The zero-order valence-corrected chi connectivity index (χ0v) is 10.0. The molecule has 1 aliphatic carbocycles. The van der Waals surface area contributed by atoms with Crippen LogP contribution in [0.4, 0.5) is 0 Å². The summed E-state index contributed by atoms with van der Waals surface area (Å²) in [4.78, 5) is 12.9. The lowest BCUT2D eigenvalue weighted by atomic mass is 9.80. The maximum Gasteiger partial charge on any atom is 0.219 e. The van der Waals surface area contributed by atoms with E-state index in [0.29, 0.717) is 5.92 Å². The average Bonchev–Trinajstić information content (AvgIpc) is 2.21. The highest BCUT2D eigenvalue weighted by Gasteiger charge is 2.21. The number of nitrogens with zero attached hydrogens (tertiary/aromatic N) is 1. The van der Waals surface area contributed by atoms with Crippen LogP contribution in [0.3, 0.4) is 0 Å². The lowest BCUT2D eigenvalue weighted by molar-refractivity contribution is -0.128. The molecule has 1 aliphatic rings. The van der Waals surface area contributed by atoms with Crippen LogP contribution in [0.2, 0.25) is 0 Å². The third kappa shape index (κ3) is 4.20. The molecule has 0 atom stereocenters. The van der Waals surface area contributed by atoms with Gasteiger partial charge in [-0.05, 0) is 37.6 Å². The van der Waals surface area contributed by atoms with Crippen LogP contribution in [0.5, 0.6) is 0 Å². The van der Waals surface area contributed by atoms with Gasteiger partial charge >= 0.3 is 0 Å². The van der Waals surface area contributed by atoms with Crippen LogP contribution in [0.25, 0.3) is 0 Å². The Hall–Kier alpha value is -0.570. The van der Waals surface area contributed by atoms with Crippen molar-refractivity contribution in [1.29, 1.82) is 0 Å². The Bertz CT molecular complexity index is 198. The van der Waals surface area contributed by atoms with Crippen molar-refractivity contribution in [1.82, 2.24) is 4.90 Å². The van der Waals surface area contributed by atoms with E-state index in [1.54, 1.807) is 6.92 Å². The van der Waals surface area contributed by atoms with Crippen LogP contribution >= 0.6 is 0 Å². The molecular weight excluding hydrogens is 188 g/mol. The molecule has 1 fully saturated rings. The highest BCUT2D eigenvalue weighted by atomic mass is 16.2. The molecule has 0 aromatic carbocycles. The first-order valence-corrected chi connectivity index (χ1v) is 6.05. The largest absolute Gasteiger partial charge is 0.346 e. The molecule has 0 aromatic rings. The summed E-state index contributed by atoms with van der Waals surface area (Å²) in [6.07, 6.45) is 6.31. The van der Waals surface area contributed by atoms with Crippen molar-refractivity contribution in [3.63, 3.8) is 0 Å². The van der Waals surface area contributed by atoms with Gasteiger partial charge in [0.2, 0.25) is 5.91 Å². The fraction of sp³-hybridized carbons (Fsp3) is 0.917. The Morgan fingerprint density at radius 3 is 2.27 bits per heavy atom. The zero-order valence-electron chi connectivity index (χ0n) is 10.0. The van der Waals surface area contributed by atoms with E-state index in [1.807, 2.05) is 11.9 Å². The Balaban J connectivity index is 2.22. The van der Waals surface area contributed by atoms with Crippen LogP contribution in [0, 0.1) is 11.8 Å². The van der Waals surface area contributed by atoms with Crippen molar-refractivity contribution in [2.24, 2.45) is 17.6 Å². The summed E-state index contributed by atoms with van der Waals surface area (Å²) in [6, 6.07) is 0. The summed E-state index contributed by atoms with van der Waals surface area (Å²) >= 11 is 0. The zero-order chi connectivity index (χ0) is 11.3. The second kappa shape index (κ2) is 6.11. The van der Waals surface area contributed by atoms with Gasteiger partial charge in [0.15, 0.2) is 0 Å². The maximum absolute atomic E-state index is 11.1. The van der Waals surface area contributed by atoms with Gasteiger partial charge in [-0.3, -0.25) is 4.79 Å². The van der Waals surface area contributed by atoms with Gasteiger partial charge in [0, 0.05) is 20.5 Å². The highest BCUT2D eigenvalue weighted by Crippen LogP contribution is 2.30. The topological polar surface area (TPSA) is 46.3 Å². The van der Waals surface area contributed by atoms with E-state index in [1.165, 1.54) is 32.1 Å². The lowest BCUT2D eigenvalue weighted by Gasteiger charge is -2.30. The molecule has 1 amide bonds. The fourth-order valence-electron chi connectivity index (χ4n) is 2.45. The number of carbonyl (C=O) groups excluding carboxylic acids is 1. The van der Waals surface area contributed by atoms with E-state index in [2.05, 4.69) is 0 Å². The highest BCUT2D eigenvalue weighted by molar-refractivity contribution is 5.72. The Labute approximate surface area is 93.0 Å². The molecule has 88 valence electrons. The van der Waals surface area contributed by atoms with E-state index < -0.39 is 0 Å². The lowest BCUT2D eigenvalue weighted by Crippen LogP contribution is -2.32. The quantitative estimate of drug-likeness (QED) is 0.769. The summed E-state index contributed by atoms with van der Waals surface area (Å²) < 4.78 is 0. The molecule has 0 bridgehead atoms. The third-order valence-corrected chi connectivity index (χ3v) is 3.61. The Kier molecular flexibility index (Phi) is 5.09. The van der Waals surface area contributed by atoms with Crippen molar-refractivity contribution in [3.8, 4) is 0 Å². The van der Waals surface area contributed by atoms with Crippen LogP contribution < -0.4 is 5.73 Å². The molecule has 3 nitrogen and oxygen atoms in total. The maximum atomic E-state index is 11.1. The van der Waals surface area contributed by atoms with E-state index >= 15 is 0 Å². The summed E-state index contributed by atoms with van der Waals surface area (Å²) in [5.41, 5.74) is 5.56. The molecule has 0 saturated heterocycles. The first-order valence-electron chi connectivity index (χ1n) is 6.05. The van der Waals surface area contributed by atoms with E-state index in [4.69, 9.17) is 5.73 Å². The molecule has 3 heteroatoms. The molecular formula is C12H24N2O. The Morgan fingerprint density at radius 2 is 1.80 bits per heavy atom. The monoisotopic (exact) mass is 212 g/mol. The molecule has 0 heterocycles. The summed E-state index contributed by atoms with van der Waals surface area (Å²) in [7, 11) is 1.90. The van der Waals surface area contributed by atoms with E-state index in [-0.39, 0.29) is 5.91 Å². The summed E-state index contributed by atoms with van der Waals surface area (Å²) in [5.74, 6) is 1.74. The van der Waals surface area contributed by atoms with E-state index in [0.717, 1.165) is 19.0 Å². The minimum atomic E-state index is 0.180. The third-order valence-electron chi connectivity index (χ3n) is 3.61. The second-order valence-corrected chi connectivity index (χ2v) is 4.86. The predicted molar refractivity (Wildman–Crippen MR) is 62.4 cm³/mol. The number of rotatable bonds is 4. The summed E-state index contributed by atoms with van der Waals surface area (Å²) in [6.45, 7) is 3.40. The smallest absolute Gasteiger partial charge is 0.219 e. The molecule has 0 radical (unpaired) electrons. The molecule has 1 rings (SSSR count). The predicted octanol–water partition coefficient (Wildman–Crippen LogP) is 1.62. The summed E-state index contributed by atoms with van der Waals surface area (Å²) in [5, 5.41) is 0. The van der Waals surface area contributed by atoms with Crippen molar-refractivity contribution in [2.75, 3.05) is 20.1 Å². The molecule has 0 unspecified atom stereocenters. The van der Waals surface area contributed by atoms with Gasteiger partial charge in [-0.2, -0.15) is 0 Å². The molecule has 0 spiro atoms. The van der Waals surface area contributed by atoms with Gasteiger partial charge in [-0.1, -0.05) is 12.8 Å². The van der Waals surface area contributed by atoms with E-state index in [9.17, 15) is 4.79 Å². The fourth-order valence-corrected chi connectivity index (χ4v) is 2.45. The number of nitrogens with two attached hydrogens (primary N) is 1. The van der Waals surface area contributed by atoms with Gasteiger partial charge in [0.1, 0.15) is 0 Å². The molecule has 2 N–H and O–H groups in total. The van der Waals surface area contributed by atoms with Gasteiger partial charge in [0.05, 0.1) is 0 Å². The minimum Gasteiger partial charge on any atom is -0.346 e. The van der Waals surface area contributed by atoms with Crippen molar-refractivity contribution >= 4 is 5.91 Å². The van der Waals surface area contributed by atoms with Crippen LogP contribution in [0.1, 0.15) is 39.0 Å². The molecule has 0 aromatic heterocycles. The number of hydrogen-bond acceptors (Lipinski definition) is 2. The molecule has 15 heavy (non-hydrogen) atoms. The molecule has 0 aliphatic heterocycles. The van der Waals surface area contributed by atoms with Gasteiger partial charge in [-0.25, -0.2) is 0 Å². The minimum absolute atomic E-state index is 0.180. The van der Waals surface area contributed by atoms with Crippen LogP contribution in [-0.2, 0) is 4.79 Å². The number of amides is 1.